The Labute approximate surface area is 162 Å². The van der Waals surface area contributed by atoms with Crippen LogP contribution >= 0.6 is 0 Å². The van der Waals surface area contributed by atoms with Crippen LogP contribution in [-0.2, 0) is 6.54 Å². The van der Waals surface area contributed by atoms with Crippen LogP contribution in [0.1, 0.15) is 21.6 Å². The highest BCUT2D eigenvalue weighted by Crippen LogP contribution is 2.32. The average Bonchev–Trinajstić information content (AvgIpc) is 2.72. The normalized spacial score (nSPS) is 10.8. The molecule has 1 heterocycles. The number of aromatic nitrogens is 1. The van der Waals surface area contributed by atoms with E-state index in [0.29, 0.717) is 17.8 Å². The summed E-state index contributed by atoms with van der Waals surface area (Å²) in [4.78, 5) is 17.8. The Balaban J connectivity index is 1.78. The van der Waals surface area contributed by atoms with Crippen LogP contribution in [0.25, 0.3) is 22.0 Å². The molecule has 0 radical (unpaired) electrons. The average molecular weight is 370 g/mol. The first-order chi connectivity index (χ1) is 13.6. The molecule has 0 aliphatic carbocycles. The maximum absolute atomic E-state index is 13.1. The number of aryl methyl sites for hydroxylation is 1. The maximum atomic E-state index is 13.1. The van der Waals surface area contributed by atoms with Gasteiger partial charge < -0.3 is 5.32 Å². The zero-order valence-corrected chi connectivity index (χ0v) is 15.4. The summed E-state index contributed by atoms with van der Waals surface area (Å²) in [6, 6.07) is 23.8. The number of benzene rings is 3. The Morgan fingerprint density at radius 1 is 0.929 bits per heavy atom. The zero-order valence-electron chi connectivity index (χ0n) is 15.4. The second-order valence-corrected chi connectivity index (χ2v) is 6.64. The lowest BCUT2D eigenvalue weighted by molar-refractivity contribution is 0.0950. The van der Waals surface area contributed by atoms with Crippen LogP contribution in [0.4, 0.5) is 4.39 Å². The van der Waals surface area contributed by atoms with Gasteiger partial charge in [-0.25, -0.2) is 4.39 Å². The fourth-order valence-corrected chi connectivity index (χ4v) is 3.39. The fraction of sp³-hybridized carbons (Fsp3) is 0.0833. The molecule has 3 aromatic carbocycles. The molecule has 4 heteroatoms. The number of carbonyl (C=O) groups excluding carboxylic acids is 1. The van der Waals surface area contributed by atoms with Gasteiger partial charge in [-0.3, -0.25) is 9.78 Å². The Bertz CT molecular complexity index is 1140. The van der Waals surface area contributed by atoms with Crippen molar-refractivity contribution in [3.8, 4) is 11.1 Å². The number of carbonyl (C=O) groups is 1. The van der Waals surface area contributed by atoms with Gasteiger partial charge in [0.15, 0.2) is 0 Å². The number of hydrogen-bond donors (Lipinski definition) is 1. The van der Waals surface area contributed by atoms with Gasteiger partial charge in [0.05, 0.1) is 16.8 Å². The van der Waals surface area contributed by atoms with Gasteiger partial charge in [-0.1, -0.05) is 60.7 Å². The van der Waals surface area contributed by atoms with E-state index in [0.717, 1.165) is 27.6 Å². The number of hydrogen-bond acceptors (Lipinski definition) is 2. The molecule has 0 aliphatic heterocycles. The predicted molar refractivity (Wildman–Crippen MR) is 109 cm³/mol. The molecule has 0 aliphatic rings. The van der Waals surface area contributed by atoms with Crippen LogP contribution in [0.15, 0.2) is 78.9 Å². The molecule has 3 nitrogen and oxygen atoms in total. The Kier molecular flexibility index (Phi) is 4.85. The molecule has 138 valence electrons. The molecule has 4 rings (SSSR count). The van der Waals surface area contributed by atoms with E-state index in [4.69, 9.17) is 0 Å². The van der Waals surface area contributed by atoms with Gasteiger partial charge in [0.25, 0.3) is 5.91 Å². The van der Waals surface area contributed by atoms with E-state index in [2.05, 4.69) is 10.3 Å². The third-order valence-corrected chi connectivity index (χ3v) is 4.73. The number of nitrogens with zero attached hydrogens (tertiary/aromatic N) is 1. The van der Waals surface area contributed by atoms with Crippen molar-refractivity contribution in [2.45, 2.75) is 13.5 Å². The van der Waals surface area contributed by atoms with Crippen LogP contribution in [0, 0.1) is 12.7 Å². The molecule has 1 aromatic heterocycles. The van der Waals surface area contributed by atoms with Crippen molar-refractivity contribution in [1.29, 1.82) is 0 Å². The lowest BCUT2D eigenvalue weighted by Crippen LogP contribution is -2.25. The zero-order chi connectivity index (χ0) is 19.5. The Morgan fingerprint density at radius 2 is 1.61 bits per heavy atom. The van der Waals surface area contributed by atoms with Crippen molar-refractivity contribution < 1.29 is 9.18 Å². The number of rotatable bonds is 4. The topological polar surface area (TPSA) is 42.0 Å². The molecule has 1 amide bonds. The van der Waals surface area contributed by atoms with Crippen LogP contribution in [0.5, 0.6) is 0 Å². The first-order valence-corrected chi connectivity index (χ1v) is 9.11. The van der Waals surface area contributed by atoms with Crippen LogP contribution in [0.3, 0.4) is 0 Å². The summed E-state index contributed by atoms with van der Waals surface area (Å²) in [7, 11) is 0. The molecule has 0 saturated carbocycles. The van der Waals surface area contributed by atoms with E-state index in [1.54, 1.807) is 12.1 Å². The van der Waals surface area contributed by atoms with Crippen LogP contribution < -0.4 is 5.32 Å². The summed E-state index contributed by atoms with van der Waals surface area (Å²) < 4.78 is 13.1. The molecule has 28 heavy (non-hydrogen) atoms. The van der Waals surface area contributed by atoms with E-state index in [1.165, 1.54) is 12.1 Å². The predicted octanol–water partition coefficient (Wildman–Crippen LogP) is 5.28. The highest BCUT2D eigenvalue weighted by atomic mass is 19.1. The second-order valence-electron chi connectivity index (χ2n) is 6.64. The van der Waals surface area contributed by atoms with Gasteiger partial charge in [-0.2, -0.15) is 0 Å². The minimum absolute atomic E-state index is 0.195. The van der Waals surface area contributed by atoms with Crippen molar-refractivity contribution >= 4 is 16.8 Å². The largest absolute Gasteiger partial charge is 0.348 e. The number of amides is 1. The Hall–Kier alpha value is -3.53. The number of pyridine rings is 1. The summed E-state index contributed by atoms with van der Waals surface area (Å²) >= 11 is 0. The van der Waals surface area contributed by atoms with Crippen molar-refractivity contribution in [2.24, 2.45) is 0 Å². The number of fused-ring (bicyclic) bond motifs is 1. The van der Waals surface area contributed by atoms with E-state index in [9.17, 15) is 9.18 Å². The third-order valence-electron chi connectivity index (χ3n) is 4.73. The number of para-hydroxylation sites is 1. The van der Waals surface area contributed by atoms with Crippen LogP contribution in [0.2, 0.25) is 0 Å². The maximum Gasteiger partial charge on any atom is 0.254 e. The van der Waals surface area contributed by atoms with Crippen molar-refractivity contribution in [3.63, 3.8) is 0 Å². The molecular weight excluding hydrogens is 351 g/mol. The van der Waals surface area contributed by atoms with E-state index in [1.807, 2.05) is 61.5 Å². The minimum atomic E-state index is -0.295. The SMILES string of the molecule is Cc1nc2ccccc2c(-c2ccccc2)c1C(=O)NCc1ccc(F)cc1. The second kappa shape index (κ2) is 7.61. The lowest BCUT2D eigenvalue weighted by Gasteiger charge is -2.16. The van der Waals surface area contributed by atoms with E-state index >= 15 is 0 Å². The number of nitrogens with one attached hydrogen (secondary N) is 1. The van der Waals surface area contributed by atoms with Crippen molar-refractivity contribution in [3.05, 3.63) is 102 Å². The quantitative estimate of drug-likeness (QED) is 0.531. The molecule has 0 fully saturated rings. The molecule has 4 aromatic rings. The first-order valence-electron chi connectivity index (χ1n) is 9.11. The molecule has 0 spiro atoms. The monoisotopic (exact) mass is 370 g/mol. The first kappa shape index (κ1) is 17.9. The third kappa shape index (κ3) is 3.49. The Morgan fingerprint density at radius 3 is 2.36 bits per heavy atom. The molecule has 0 atom stereocenters. The van der Waals surface area contributed by atoms with Crippen molar-refractivity contribution in [2.75, 3.05) is 0 Å². The molecular formula is C24H19FN2O. The summed E-state index contributed by atoms with van der Waals surface area (Å²) in [6.07, 6.45) is 0. The van der Waals surface area contributed by atoms with E-state index in [-0.39, 0.29) is 11.7 Å². The van der Waals surface area contributed by atoms with Crippen LogP contribution in [-0.4, -0.2) is 10.9 Å². The van der Waals surface area contributed by atoms with E-state index < -0.39 is 0 Å². The van der Waals surface area contributed by atoms with Gasteiger partial charge in [0.2, 0.25) is 0 Å². The van der Waals surface area contributed by atoms with Gasteiger partial charge in [-0.15, -0.1) is 0 Å². The highest BCUT2D eigenvalue weighted by molar-refractivity contribution is 6.09. The summed E-state index contributed by atoms with van der Waals surface area (Å²) in [5.74, 6) is -0.491. The van der Waals surface area contributed by atoms with Gasteiger partial charge >= 0.3 is 0 Å². The summed E-state index contributed by atoms with van der Waals surface area (Å²) in [6.45, 7) is 2.17. The lowest BCUT2D eigenvalue weighted by atomic mass is 9.94. The van der Waals surface area contributed by atoms with Gasteiger partial charge in [0, 0.05) is 17.5 Å². The molecule has 0 bridgehead atoms. The number of halogens is 1. The van der Waals surface area contributed by atoms with Crippen molar-refractivity contribution in [1.82, 2.24) is 10.3 Å². The summed E-state index contributed by atoms with van der Waals surface area (Å²) in [5.41, 5.74) is 4.77. The smallest absolute Gasteiger partial charge is 0.254 e. The molecule has 0 saturated heterocycles. The standard InChI is InChI=1S/C24H19FN2O/c1-16-22(24(28)26-15-17-11-13-19(25)14-12-17)23(18-7-3-2-4-8-18)20-9-5-6-10-21(20)27-16/h2-14H,15H2,1H3,(H,26,28). The summed E-state index contributed by atoms with van der Waals surface area (Å²) in [5, 5.41) is 3.89. The molecule has 0 unspecified atom stereocenters. The molecule has 1 N–H and O–H groups in total. The minimum Gasteiger partial charge on any atom is -0.348 e. The van der Waals surface area contributed by atoms with Gasteiger partial charge in [-0.05, 0) is 36.2 Å². The fourth-order valence-electron chi connectivity index (χ4n) is 3.39. The highest BCUT2D eigenvalue weighted by Gasteiger charge is 2.20. The van der Waals surface area contributed by atoms with Gasteiger partial charge in [0.1, 0.15) is 5.82 Å².